The van der Waals surface area contributed by atoms with Crippen LogP contribution in [0.2, 0.25) is 0 Å². The van der Waals surface area contributed by atoms with Crippen molar-refractivity contribution in [1.29, 1.82) is 0 Å². The number of epoxide rings is 2. The van der Waals surface area contributed by atoms with E-state index in [1.807, 2.05) is 0 Å². The largest absolute Gasteiger partial charge is 0.350 e. The van der Waals surface area contributed by atoms with Gasteiger partial charge in [-0.15, -0.1) is 0 Å². The van der Waals surface area contributed by atoms with Gasteiger partial charge in [0.1, 0.15) is 13.2 Å². The summed E-state index contributed by atoms with van der Waals surface area (Å²) in [6.45, 7) is 9.80. The van der Waals surface area contributed by atoms with Crippen LogP contribution in [0.3, 0.4) is 0 Å². The van der Waals surface area contributed by atoms with Crippen LogP contribution in [0.1, 0.15) is 40.0 Å². The molecule has 2 aliphatic heterocycles. The lowest BCUT2D eigenvalue weighted by molar-refractivity contribution is 0.0387. The van der Waals surface area contributed by atoms with Gasteiger partial charge in [0.25, 0.3) is 0 Å². The highest BCUT2D eigenvalue weighted by Crippen LogP contribution is 2.26. The standard InChI is InChI=1S/C18H30O4/c1-15(12-20-17-14-22-17)8-7-10-18(2,3)9-5-4-6-11-19-16-13-21-16/h4-5,7-8,15-17H,6,9-14H2,1-3H3/b5-4-,8-7-/t15-,16?,17?/m0/s1. The average Bonchev–Trinajstić information content (AvgIpc) is 3.35. The smallest absolute Gasteiger partial charge is 0.181 e. The minimum atomic E-state index is 0.0629. The Hall–Kier alpha value is -0.680. The van der Waals surface area contributed by atoms with E-state index in [0.717, 1.165) is 45.7 Å². The van der Waals surface area contributed by atoms with Crippen LogP contribution in [-0.4, -0.2) is 39.0 Å². The van der Waals surface area contributed by atoms with E-state index >= 15 is 0 Å². The minimum absolute atomic E-state index is 0.0629. The minimum Gasteiger partial charge on any atom is -0.350 e. The van der Waals surface area contributed by atoms with Gasteiger partial charge >= 0.3 is 0 Å². The van der Waals surface area contributed by atoms with Crippen LogP contribution < -0.4 is 0 Å². The molecule has 2 saturated heterocycles. The normalized spacial score (nSPS) is 26.0. The molecule has 2 fully saturated rings. The van der Waals surface area contributed by atoms with Crippen LogP contribution in [0.25, 0.3) is 0 Å². The predicted octanol–water partition coefficient (Wildman–Crippen LogP) is 3.68. The Morgan fingerprint density at radius 3 is 2.36 bits per heavy atom. The van der Waals surface area contributed by atoms with Gasteiger partial charge < -0.3 is 18.9 Å². The zero-order chi connectivity index (χ0) is 15.8. The first-order valence-corrected chi connectivity index (χ1v) is 8.33. The zero-order valence-electron chi connectivity index (χ0n) is 14.1. The highest BCUT2D eigenvalue weighted by molar-refractivity contribution is 4.94. The number of rotatable bonds is 12. The van der Waals surface area contributed by atoms with Gasteiger partial charge in [0, 0.05) is 0 Å². The second-order valence-electron chi connectivity index (χ2n) is 6.97. The molecular formula is C18H30O4. The topological polar surface area (TPSA) is 43.5 Å². The third-order valence-electron chi connectivity index (χ3n) is 3.71. The van der Waals surface area contributed by atoms with E-state index in [-0.39, 0.29) is 18.0 Å². The Morgan fingerprint density at radius 2 is 1.68 bits per heavy atom. The van der Waals surface area contributed by atoms with Crippen molar-refractivity contribution in [1.82, 2.24) is 0 Å². The van der Waals surface area contributed by atoms with Crippen molar-refractivity contribution in [2.45, 2.75) is 52.6 Å². The molecule has 2 rings (SSSR count). The van der Waals surface area contributed by atoms with Gasteiger partial charge in [-0.3, -0.25) is 0 Å². The highest BCUT2D eigenvalue weighted by atomic mass is 16.8. The summed E-state index contributed by atoms with van der Waals surface area (Å²) >= 11 is 0. The molecule has 2 aliphatic rings. The average molecular weight is 310 g/mol. The van der Waals surface area contributed by atoms with Crippen LogP contribution in [0, 0.1) is 11.3 Å². The van der Waals surface area contributed by atoms with Crippen LogP contribution in [0.5, 0.6) is 0 Å². The number of ether oxygens (including phenoxy) is 4. The molecule has 126 valence electrons. The molecule has 3 atom stereocenters. The molecule has 0 aliphatic carbocycles. The van der Waals surface area contributed by atoms with Gasteiger partial charge in [0.2, 0.25) is 0 Å². The number of allylic oxidation sites excluding steroid dienone is 2. The lowest BCUT2D eigenvalue weighted by atomic mass is 9.85. The molecule has 0 bridgehead atoms. The molecular weight excluding hydrogens is 280 g/mol. The molecule has 4 nitrogen and oxygen atoms in total. The molecule has 0 aromatic heterocycles. The first kappa shape index (κ1) is 17.7. The quantitative estimate of drug-likeness (QED) is 0.313. The van der Waals surface area contributed by atoms with Crippen LogP contribution >= 0.6 is 0 Å². The summed E-state index contributed by atoms with van der Waals surface area (Å²) in [4.78, 5) is 0. The first-order chi connectivity index (χ1) is 10.6. The lowest BCUT2D eigenvalue weighted by Gasteiger charge is -2.21. The summed E-state index contributed by atoms with van der Waals surface area (Å²) in [5, 5.41) is 0. The molecule has 22 heavy (non-hydrogen) atoms. The molecule has 0 amide bonds. The summed E-state index contributed by atoms with van der Waals surface area (Å²) < 4.78 is 21.0. The molecule has 0 aromatic carbocycles. The van der Waals surface area contributed by atoms with Crippen molar-refractivity contribution in [3.8, 4) is 0 Å². The Labute approximate surface area is 134 Å². The van der Waals surface area contributed by atoms with E-state index in [1.54, 1.807) is 0 Å². The van der Waals surface area contributed by atoms with E-state index in [1.165, 1.54) is 0 Å². The third-order valence-corrected chi connectivity index (χ3v) is 3.71. The SMILES string of the molecule is C[C@@H](/C=C\CC(C)(C)C/C=C\CCOC1CO1)COC1CO1. The van der Waals surface area contributed by atoms with E-state index in [4.69, 9.17) is 18.9 Å². The molecule has 0 saturated carbocycles. The van der Waals surface area contributed by atoms with E-state index in [9.17, 15) is 0 Å². The van der Waals surface area contributed by atoms with Crippen LogP contribution in [0.4, 0.5) is 0 Å². The number of hydrogen-bond acceptors (Lipinski definition) is 4. The molecule has 4 heteroatoms. The zero-order valence-corrected chi connectivity index (χ0v) is 14.1. The number of hydrogen-bond donors (Lipinski definition) is 0. The predicted molar refractivity (Wildman–Crippen MR) is 86.5 cm³/mol. The van der Waals surface area contributed by atoms with E-state index in [0.29, 0.717) is 5.92 Å². The van der Waals surface area contributed by atoms with Crippen molar-refractivity contribution in [2.24, 2.45) is 11.3 Å². The molecule has 2 heterocycles. The molecule has 0 aromatic rings. The Bertz CT molecular complexity index is 367. The highest BCUT2D eigenvalue weighted by Gasteiger charge is 2.23. The van der Waals surface area contributed by atoms with Crippen molar-refractivity contribution in [3.63, 3.8) is 0 Å². The van der Waals surface area contributed by atoms with Crippen molar-refractivity contribution >= 4 is 0 Å². The molecule has 0 radical (unpaired) electrons. The van der Waals surface area contributed by atoms with Gasteiger partial charge in [0.05, 0.1) is 13.2 Å². The summed E-state index contributed by atoms with van der Waals surface area (Å²) in [6, 6.07) is 0. The lowest BCUT2D eigenvalue weighted by Crippen LogP contribution is -2.09. The monoisotopic (exact) mass is 310 g/mol. The Morgan fingerprint density at radius 1 is 1.05 bits per heavy atom. The summed E-state index contributed by atoms with van der Waals surface area (Å²) in [7, 11) is 0. The summed E-state index contributed by atoms with van der Waals surface area (Å²) in [6.07, 6.45) is 12.3. The van der Waals surface area contributed by atoms with Gasteiger partial charge in [-0.05, 0) is 30.6 Å². The Kier molecular flexibility index (Phi) is 7.09. The fraction of sp³-hybridized carbons (Fsp3) is 0.778. The summed E-state index contributed by atoms with van der Waals surface area (Å²) in [5.74, 6) is 0.442. The van der Waals surface area contributed by atoms with Gasteiger partial charge in [-0.25, -0.2) is 0 Å². The van der Waals surface area contributed by atoms with Gasteiger partial charge in [-0.2, -0.15) is 0 Å². The van der Waals surface area contributed by atoms with Crippen LogP contribution in [-0.2, 0) is 18.9 Å². The molecule has 2 unspecified atom stereocenters. The van der Waals surface area contributed by atoms with E-state index in [2.05, 4.69) is 45.1 Å². The maximum absolute atomic E-state index is 5.52. The fourth-order valence-electron chi connectivity index (χ4n) is 2.08. The van der Waals surface area contributed by atoms with Crippen LogP contribution in [0.15, 0.2) is 24.3 Å². The maximum atomic E-state index is 5.52. The first-order valence-electron chi connectivity index (χ1n) is 8.33. The Balaban J connectivity index is 1.52. The van der Waals surface area contributed by atoms with Gasteiger partial charge in [0.15, 0.2) is 12.6 Å². The maximum Gasteiger partial charge on any atom is 0.181 e. The van der Waals surface area contributed by atoms with Crippen molar-refractivity contribution in [3.05, 3.63) is 24.3 Å². The second-order valence-corrected chi connectivity index (χ2v) is 6.97. The van der Waals surface area contributed by atoms with E-state index < -0.39 is 0 Å². The molecule has 0 spiro atoms. The molecule has 0 N–H and O–H groups in total. The van der Waals surface area contributed by atoms with Gasteiger partial charge in [-0.1, -0.05) is 45.1 Å². The summed E-state index contributed by atoms with van der Waals surface area (Å²) in [5.41, 5.74) is 0.285. The second kappa shape index (κ2) is 8.82. The van der Waals surface area contributed by atoms with Crippen molar-refractivity contribution < 1.29 is 18.9 Å². The van der Waals surface area contributed by atoms with Crippen molar-refractivity contribution in [2.75, 3.05) is 26.4 Å². The fourth-order valence-corrected chi connectivity index (χ4v) is 2.08. The third kappa shape index (κ3) is 8.69.